The van der Waals surface area contributed by atoms with Crippen LogP contribution in [0, 0.1) is 5.82 Å². The maximum absolute atomic E-state index is 12.8. The molecule has 0 spiro atoms. The van der Waals surface area contributed by atoms with Gasteiger partial charge >= 0.3 is 0 Å². The van der Waals surface area contributed by atoms with Crippen LogP contribution in [0.15, 0.2) is 23.1 Å². The summed E-state index contributed by atoms with van der Waals surface area (Å²) < 4.78 is 12.8. The monoisotopic (exact) mass is 181 g/mol. The van der Waals surface area contributed by atoms with Crippen molar-refractivity contribution in [2.75, 3.05) is 0 Å². The summed E-state index contributed by atoms with van der Waals surface area (Å²) in [5.41, 5.74) is 1.02. The molecule has 1 heterocycles. The van der Waals surface area contributed by atoms with Gasteiger partial charge in [-0.15, -0.1) is 0 Å². The van der Waals surface area contributed by atoms with Crippen molar-refractivity contribution in [1.82, 2.24) is 4.98 Å². The Hall–Kier alpha value is -1.38. The summed E-state index contributed by atoms with van der Waals surface area (Å²) in [5.74, 6) is -0.735. The predicted octanol–water partition coefficient (Wildman–Crippen LogP) is 2.33. The molecule has 0 saturated heterocycles. The third-order valence-electron chi connectivity index (χ3n) is 1.82. The number of allylic oxidation sites excluding steroid dienone is 2. The molecule has 2 nitrogen and oxygen atoms in total. The minimum absolute atomic E-state index is 0.673. The van der Waals surface area contributed by atoms with Gasteiger partial charge in [0.15, 0.2) is 5.82 Å². The van der Waals surface area contributed by atoms with Gasteiger partial charge in [0.1, 0.15) is 0 Å². The van der Waals surface area contributed by atoms with Gasteiger partial charge in [0, 0.05) is 6.20 Å². The zero-order valence-electron chi connectivity index (χ0n) is 7.73. The largest absolute Gasteiger partial charge is 0.326 e. The second-order valence-electron chi connectivity index (χ2n) is 2.86. The number of hydrogen-bond donors (Lipinski definition) is 1. The van der Waals surface area contributed by atoms with Crippen molar-refractivity contribution in [1.29, 1.82) is 0 Å². The average Bonchev–Trinajstić information content (AvgIpc) is 2.10. The van der Waals surface area contributed by atoms with Gasteiger partial charge in [0.25, 0.3) is 5.56 Å². The van der Waals surface area contributed by atoms with Gasteiger partial charge in [-0.3, -0.25) is 4.79 Å². The van der Waals surface area contributed by atoms with Crippen LogP contribution in [-0.2, 0) is 0 Å². The highest BCUT2D eigenvalue weighted by Crippen LogP contribution is 2.12. The normalized spacial score (nSPS) is 11.8. The first-order valence-electron chi connectivity index (χ1n) is 4.20. The summed E-state index contributed by atoms with van der Waals surface area (Å²) in [7, 11) is 0. The summed E-state index contributed by atoms with van der Waals surface area (Å²) in [4.78, 5) is 13.0. The van der Waals surface area contributed by atoms with Crippen molar-refractivity contribution in [3.8, 4) is 0 Å². The fourth-order valence-corrected chi connectivity index (χ4v) is 1.11. The molecule has 0 bridgehead atoms. The maximum Gasteiger partial charge on any atom is 0.283 e. The third kappa shape index (κ3) is 2.28. The molecular weight excluding hydrogens is 169 g/mol. The molecule has 0 fully saturated rings. The Morgan fingerprint density at radius 2 is 2.38 bits per heavy atom. The second kappa shape index (κ2) is 4.03. The molecule has 0 aliphatic carbocycles. The maximum atomic E-state index is 12.8. The topological polar surface area (TPSA) is 32.9 Å². The molecular formula is C10H12FNO. The van der Waals surface area contributed by atoms with Crippen molar-refractivity contribution in [3.05, 3.63) is 40.1 Å². The lowest BCUT2D eigenvalue weighted by molar-refractivity contribution is 0.608. The second-order valence-corrected chi connectivity index (χ2v) is 2.86. The molecule has 13 heavy (non-hydrogen) atoms. The molecule has 0 amide bonds. The summed E-state index contributed by atoms with van der Waals surface area (Å²) in [6.45, 7) is 3.89. The number of nitrogens with one attached hydrogen (secondary N) is 1. The van der Waals surface area contributed by atoms with Crippen LogP contribution in [0.2, 0.25) is 0 Å². The summed E-state index contributed by atoms with van der Waals surface area (Å²) in [5, 5.41) is 0. The van der Waals surface area contributed by atoms with Crippen molar-refractivity contribution in [2.24, 2.45) is 0 Å². The van der Waals surface area contributed by atoms with Crippen LogP contribution in [0.5, 0.6) is 0 Å². The fraction of sp³-hybridized carbons (Fsp3) is 0.300. The highest BCUT2D eigenvalue weighted by atomic mass is 19.1. The van der Waals surface area contributed by atoms with Crippen LogP contribution in [0.3, 0.4) is 0 Å². The van der Waals surface area contributed by atoms with Crippen LogP contribution >= 0.6 is 0 Å². The Bertz CT molecular complexity index is 379. The summed E-state index contributed by atoms with van der Waals surface area (Å²) in [6, 6.07) is 1.25. The van der Waals surface area contributed by atoms with Gasteiger partial charge in [0.2, 0.25) is 0 Å². The number of H-pyrrole nitrogens is 1. The van der Waals surface area contributed by atoms with Crippen molar-refractivity contribution < 1.29 is 4.39 Å². The molecule has 0 aromatic carbocycles. The van der Waals surface area contributed by atoms with Crippen molar-refractivity contribution >= 4 is 5.57 Å². The molecule has 0 unspecified atom stereocenters. The van der Waals surface area contributed by atoms with E-state index >= 15 is 0 Å². The number of pyridine rings is 1. The number of aromatic amines is 1. The Labute approximate surface area is 76.1 Å². The number of halogens is 1. The molecule has 3 heteroatoms. The van der Waals surface area contributed by atoms with E-state index in [0.717, 1.165) is 17.6 Å². The van der Waals surface area contributed by atoms with Crippen molar-refractivity contribution in [2.45, 2.75) is 20.3 Å². The van der Waals surface area contributed by atoms with E-state index in [0.29, 0.717) is 0 Å². The lowest BCUT2D eigenvalue weighted by atomic mass is 10.1. The molecule has 1 rings (SSSR count). The van der Waals surface area contributed by atoms with Crippen LogP contribution in [0.25, 0.3) is 5.57 Å². The van der Waals surface area contributed by atoms with E-state index in [2.05, 4.69) is 4.98 Å². The zero-order valence-corrected chi connectivity index (χ0v) is 7.73. The predicted molar refractivity (Wildman–Crippen MR) is 51.0 cm³/mol. The van der Waals surface area contributed by atoms with E-state index in [9.17, 15) is 9.18 Å². The summed E-state index contributed by atoms with van der Waals surface area (Å²) in [6.07, 6.45) is 4.40. The Morgan fingerprint density at radius 1 is 1.69 bits per heavy atom. The first-order valence-corrected chi connectivity index (χ1v) is 4.20. The molecule has 70 valence electrons. The lowest BCUT2D eigenvalue weighted by Crippen LogP contribution is -2.09. The quantitative estimate of drug-likeness (QED) is 0.746. The van der Waals surface area contributed by atoms with Crippen LogP contribution in [-0.4, -0.2) is 4.98 Å². The third-order valence-corrected chi connectivity index (χ3v) is 1.82. The molecule has 0 saturated carbocycles. The van der Waals surface area contributed by atoms with Crippen molar-refractivity contribution in [3.63, 3.8) is 0 Å². The Kier molecular flexibility index (Phi) is 3.01. The van der Waals surface area contributed by atoms with Gasteiger partial charge in [-0.1, -0.05) is 13.0 Å². The Morgan fingerprint density at radius 3 is 2.92 bits per heavy atom. The molecule has 1 aromatic rings. The van der Waals surface area contributed by atoms with E-state index in [1.54, 1.807) is 0 Å². The fourth-order valence-electron chi connectivity index (χ4n) is 1.11. The summed E-state index contributed by atoms with van der Waals surface area (Å²) >= 11 is 0. The molecule has 0 aliphatic heterocycles. The highest BCUT2D eigenvalue weighted by molar-refractivity contribution is 5.62. The lowest BCUT2D eigenvalue weighted by Gasteiger charge is -1.99. The van der Waals surface area contributed by atoms with Gasteiger partial charge < -0.3 is 4.98 Å². The Balaban J connectivity index is 3.11. The number of rotatable bonds is 2. The molecule has 0 atom stereocenters. The van der Waals surface area contributed by atoms with E-state index < -0.39 is 11.4 Å². The SMILES string of the molecule is CC/C=C(\C)c1c[nH]c(=O)c(F)c1. The van der Waals surface area contributed by atoms with Gasteiger partial charge in [-0.05, 0) is 30.5 Å². The average molecular weight is 181 g/mol. The number of aromatic nitrogens is 1. The first kappa shape index (κ1) is 9.71. The van der Waals surface area contributed by atoms with Gasteiger partial charge in [-0.25, -0.2) is 4.39 Å². The highest BCUT2D eigenvalue weighted by Gasteiger charge is 2.00. The number of hydrogen-bond acceptors (Lipinski definition) is 1. The van der Waals surface area contributed by atoms with Crippen LogP contribution in [0.1, 0.15) is 25.8 Å². The van der Waals surface area contributed by atoms with E-state index in [4.69, 9.17) is 0 Å². The minimum Gasteiger partial charge on any atom is -0.326 e. The van der Waals surface area contributed by atoms with E-state index in [1.807, 2.05) is 19.9 Å². The molecule has 1 N–H and O–H groups in total. The molecule has 1 aromatic heterocycles. The molecule has 0 radical (unpaired) electrons. The van der Waals surface area contributed by atoms with Crippen LogP contribution < -0.4 is 5.56 Å². The molecule has 0 aliphatic rings. The standard InChI is InChI=1S/C10H12FNO/c1-3-4-7(2)8-5-9(11)10(13)12-6-8/h4-6H,3H2,1-2H3,(H,12,13)/b7-4+. The van der Waals surface area contributed by atoms with E-state index in [-0.39, 0.29) is 0 Å². The minimum atomic E-state index is -0.735. The van der Waals surface area contributed by atoms with Gasteiger partial charge in [-0.2, -0.15) is 0 Å². The smallest absolute Gasteiger partial charge is 0.283 e. The first-order chi connectivity index (χ1) is 6.15. The van der Waals surface area contributed by atoms with E-state index in [1.165, 1.54) is 12.3 Å². The zero-order chi connectivity index (χ0) is 9.84. The van der Waals surface area contributed by atoms with Crippen LogP contribution in [0.4, 0.5) is 4.39 Å². The van der Waals surface area contributed by atoms with Gasteiger partial charge in [0.05, 0.1) is 0 Å².